The molecule has 1 aromatic rings. The first-order valence-corrected chi connectivity index (χ1v) is 6.13. The summed E-state index contributed by atoms with van der Waals surface area (Å²) in [6, 6.07) is 6.28. The first-order chi connectivity index (χ1) is 6.01. The topological polar surface area (TPSA) is 63.2 Å². The zero-order valence-electron chi connectivity index (χ0n) is 6.89. The van der Waals surface area contributed by atoms with Gasteiger partial charge in [-0.25, -0.2) is 8.42 Å². The molecule has 0 aliphatic heterocycles. The molecular formula is C7H8NO3PS. The van der Waals surface area contributed by atoms with Crippen LogP contribution in [0.4, 0.5) is 5.69 Å². The minimum absolute atomic E-state index is 0.0723. The van der Waals surface area contributed by atoms with E-state index in [9.17, 15) is 13.0 Å². The van der Waals surface area contributed by atoms with E-state index < -0.39 is 10.0 Å². The average Bonchev–Trinajstić information content (AvgIpc) is 2.03. The van der Waals surface area contributed by atoms with Gasteiger partial charge in [-0.15, -0.1) is 0 Å². The van der Waals surface area contributed by atoms with Crippen molar-refractivity contribution in [1.82, 2.24) is 0 Å². The molecule has 70 valence electrons. The highest BCUT2D eigenvalue weighted by Gasteiger charge is 2.00. The Hall–Kier alpha value is -0.930. The summed E-state index contributed by atoms with van der Waals surface area (Å²) >= 11 is 0. The third-order valence-corrected chi connectivity index (χ3v) is 2.39. The molecule has 1 aromatic carbocycles. The van der Waals surface area contributed by atoms with Gasteiger partial charge in [0.05, 0.1) is 6.26 Å². The van der Waals surface area contributed by atoms with Gasteiger partial charge in [-0.2, -0.15) is 0 Å². The number of hydrogen-bond donors (Lipinski definition) is 1. The molecule has 0 heterocycles. The van der Waals surface area contributed by atoms with Gasteiger partial charge in [0.1, 0.15) is 0 Å². The van der Waals surface area contributed by atoms with E-state index in [1.807, 2.05) is 0 Å². The zero-order valence-corrected chi connectivity index (χ0v) is 8.60. The van der Waals surface area contributed by atoms with Crippen LogP contribution in [0.1, 0.15) is 0 Å². The van der Waals surface area contributed by atoms with E-state index >= 15 is 0 Å². The van der Waals surface area contributed by atoms with Gasteiger partial charge >= 0.3 is 0 Å². The lowest BCUT2D eigenvalue weighted by Gasteiger charge is -2.02. The average molecular weight is 217 g/mol. The Labute approximate surface area is 78.2 Å². The van der Waals surface area contributed by atoms with Crippen molar-refractivity contribution < 1.29 is 13.0 Å². The van der Waals surface area contributed by atoms with E-state index in [1.165, 1.54) is 0 Å². The molecule has 0 unspecified atom stereocenters. The minimum Gasteiger partial charge on any atom is -0.284 e. The molecule has 0 amide bonds. The summed E-state index contributed by atoms with van der Waals surface area (Å²) in [4.78, 5) is 0. The molecule has 0 bridgehead atoms. The van der Waals surface area contributed by atoms with E-state index in [1.54, 1.807) is 24.3 Å². The van der Waals surface area contributed by atoms with Crippen molar-refractivity contribution in [1.29, 1.82) is 0 Å². The van der Waals surface area contributed by atoms with E-state index in [0.717, 1.165) is 6.26 Å². The molecule has 6 heteroatoms. The molecule has 4 nitrogen and oxygen atoms in total. The van der Waals surface area contributed by atoms with Gasteiger partial charge in [0.25, 0.3) is 0 Å². The van der Waals surface area contributed by atoms with Crippen molar-refractivity contribution in [3.05, 3.63) is 24.3 Å². The fourth-order valence-corrected chi connectivity index (χ4v) is 1.64. The van der Waals surface area contributed by atoms with Crippen LogP contribution in [-0.2, 0) is 14.6 Å². The van der Waals surface area contributed by atoms with E-state index in [4.69, 9.17) is 0 Å². The lowest BCUT2D eigenvalue weighted by molar-refractivity contribution is 0.603. The Bertz CT molecular complexity index is 398. The second-order valence-electron chi connectivity index (χ2n) is 2.51. The van der Waals surface area contributed by atoms with Crippen LogP contribution in [0.15, 0.2) is 24.3 Å². The summed E-state index contributed by atoms with van der Waals surface area (Å²) < 4.78 is 34.2. The first-order valence-electron chi connectivity index (χ1n) is 3.42. The Kier molecular flexibility index (Phi) is 3.01. The molecule has 1 rings (SSSR count). The van der Waals surface area contributed by atoms with Crippen molar-refractivity contribution >= 4 is 29.5 Å². The van der Waals surface area contributed by atoms with E-state index in [0.29, 0.717) is 11.0 Å². The molecule has 0 aromatic heterocycles. The van der Waals surface area contributed by atoms with Gasteiger partial charge in [-0.3, -0.25) is 9.29 Å². The van der Waals surface area contributed by atoms with Crippen LogP contribution in [0.5, 0.6) is 0 Å². The molecule has 0 aliphatic rings. The predicted octanol–water partition coefficient (Wildman–Crippen LogP) is 0.975. The third kappa shape index (κ3) is 3.53. The van der Waals surface area contributed by atoms with Crippen molar-refractivity contribution in [3.8, 4) is 0 Å². The summed E-state index contributed by atoms with van der Waals surface area (Å²) in [6.07, 6.45) is 1.08. The SMILES string of the molecule is CS(=O)(=O)Nc1ccc(P=O)cc1. The molecule has 1 N–H and O–H groups in total. The van der Waals surface area contributed by atoms with Crippen LogP contribution in [0.3, 0.4) is 0 Å². The van der Waals surface area contributed by atoms with Crippen LogP contribution < -0.4 is 10.0 Å². The van der Waals surface area contributed by atoms with Gasteiger partial charge in [0.15, 0.2) is 8.46 Å². The maximum Gasteiger partial charge on any atom is 0.229 e. The summed E-state index contributed by atoms with van der Waals surface area (Å²) in [5.41, 5.74) is 0.468. The van der Waals surface area contributed by atoms with Crippen molar-refractivity contribution in [3.63, 3.8) is 0 Å². The number of rotatable bonds is 3. The number of sulfonamides is 1. The first kappa shape index (κ1) is 10.2. The third-order valence-electron chi connectivity index (χ3n) is 1.28. The molecule has 0 fully saturated rings. The second kappa shape index (κ2) is 3.85. The lowest BCUT2D eigenvalue weighted by atomic mass is 10.3. The number of hydrogen-bond acceptors (Lipinski definition) is 3. The fraction of sp³-hybridized carbons (Fsp3) is 0.143. The summed E-state index contributed by atoms with van der Waals surface area (Å²) in [6.45, 7) is 0. The smallest absolute Gasteiger partial charge is 0.229 e. The molecule has 0 aliphatic carbocycles. The normalized spacial score (nSPS) is 11.5. The Balaban J connectivity index is 2.87. The summed E-state index contributed by atoms with van der Waals surface area (Å²) in [7, 11) is -3.30. The molecular weight excluding hydrogens is 209 g/mol. The monoisotopic (exact) mass is 217 g/mol. The van der Waals surface area contributed by atoms with Crippen LogP contribution in [0, 0.1) is 0 Å². The van der Waals surface area contributed by atoms with E-state index in [2.05, 4.69) is 4.72 Å². The number of nitrogens with one attached hydrogen (secondary N) is 1. The Morgan fingerprint density at radius 1 is 1.23 bits per heavy atom. The van der Waals surface area contributed by atoms with Gasteiger partial charge in [0.2, 0.25) is 10.0 Å². The highest BCUT2D eigenvalue weighted by Crippen LogP contribution is 2.07. The van der Waals surface area contributed by atoms with Gasteiger partial charge in [0, 0.05) is 11.0 Å². The van der Waals surface area contributed by atoms with Crippen LogP contribution in [-0.4, -0.2) is 14.7 Å². The van der Waals surface area contributed by atoms with E-state index in [-0.39, 0.29) is 8.46 Å². The van der Waals surface area contributed by atoms with Gasteiger partial charge < -0.3 is 0 Å². The second-order valence-corrected chi connectivity index (χ2v) is 4.96. The van der Waals surface area contributed by atoms with Crippen molar-refractivity contribution in [2.24, 2.45) is 0 Å². The maximum atomic E-state index is 10.8. The summed E-state index contributed by atoms with van der Waals surface area (Å²) in [5, 5.41) is 0.610. The molecule has 0 saturated carbocycles. The summed E-state index contributed by atoms with van der Waals surface area (Å²) in [5.74, 6) is 0. The predicted molar refractivity (Wildman–Crippen MR) is 52.1 cm³/mol. The lowest BCUT2D eigenvalue weighted by Crippen LogP contribution is -2.09. The van der Waals surface area contributed by atoms with Crippen LogP contribution in [0.25, 0.3) is 0 Å². The minimum atomic E-state index is -3.23. The van der Waals surface area contributed by atoms with Crippen LogP contribution >= 0.6 is 8.46 Å². The zero-order chi connectivity index (χ0) is 9.90. The number of anilines is 1. The van der Waals surface area contributed by atoms with Gasteiger partial charge in [-0.05, 0) is 24.3 Å². The van der Waals surface area contributed by atoms with Gasteiger partial charge in [-0.1, -0.05) is 0 Å². The Morgan fingerprint density at radius 2 is 1.77 bits per heavy atom. The quantitative estimate of drug-likeness (QED) is 0.767. The maximum absolute atomic E-state index is 10.8. The van der Waals surface area contributed by atoms with Crippen molar-refractivity contribution in [2.75, 3.05) is 11.0 Å². The largest absolute Gasteiger partial charge is 0.284 e. The van der Waals surface area contributed by atoms with Crippen LogP contribution in [0.2, 0.25) is 0 Å². The molecule has 0 atom stereocenters. The molecule has 13 heavy (non-hydrogen) atoms. The molecule has 0 radical (unpaired) electrons. The standard InChI is InChI=1S/C7H8NO3PS/c1-13(10,11)8-6-2-4-7(12-9)5-3-6/h2-5,8H,1H3. The fourth-order valence-electron chi connectivity index (χ4n) is 0.804. The highest BCUT2D eigenvalue weighted by molar-refractivity contribution is 7.92. The molecule has 0 spiro atoms. The molecule has 0 saturated heterocycles. The Morgan fingerprint density at radius 3 is 2.15 bits per heavy atom. The van der Waals surface area contributed by atoms with Crippen molar-refractivity contribution in [2.45, 2.75) is 0 Å². The highest BCUT2D eigenvalue weighted by atomic mass is 32.2. The number of benzene rings is 1.